The first kappa shape index (κ1) is 14.2. The Balaban J connectivity index is 2.22. The summed E-state index contributed by atoms with van der Waals surface area (Å²) in [4.78, 5) is 2.03. The number of anilines is 2. The number of nitrogens with one attached hydrogen (secondary N) is 1. The molecule has 0 saturated heterocycles. The molecule has 0 amide bonds. The lowest BCUT2D eigenvalue weighted by Crippen LogP contribution is -2.13. The van der Waals surface area contributed by atoms with Crippen molar-refractivity contribution in [2.75, 3.05) is 23.7 Å². The van der Waals surface area contributed by atoms with Gasteiger partial charge in [0.2, 0.25) is 0 Å². The Morgan fingerprint density at radius 1 is 0.950 bits per heavy atom. The highest BCUT2D eigenvalue weighted by Gasteiger charge is 2.13. The number of aromatic hydroxyl groups is 1. The van der Waals surface area contributed by atoms with E-state index in [-0.39, 0.29) is 10.6 Å². The molecule has 2 rings (SSSR count). The zero-order valence-electron chi connectivity index (χ0n) is 11.2. The van der Waals surface area contributed by atoms with E-state index in [9.17, 15) is 13.5 Å². The molecule has 0 unspecified atom stereocenters. The van der Waals surface area contributed by atoms with E-state index in [0.29, 0.717) is 5.69 Å². The minimum atomic E-state index is -3.64. The predicted molar refractivity (Wildman–Crippen MR) is 79.7 cm³/mol. The Hall–Kier alpha value is -2.21. The second-order valence-electron chi connectivity index (χ2n) is 4.54. The molecule has 0 heterocycles. The lowest BCUT2D eigenvalue weighted by Gasteiger charge is -2.13. The second-order valence-corrected chi connectivity index (χ2v) is 6.22. The van der Waals surface area contributed by atoms with E-state index in [4.69, 9.17) is 0 Å². The molecule has 6 heteroatoms. The van der Waals surface area contributed by atoms with Crippen molar-refractivity contribution in [3.8, 4) is 5.75 Å². The van der Waals surface area contributed by atoms with Crippen LogP contribution in [0.3, 0.4) is 0 Å². The van der Waals surface area contributed by atoms with Gasteiger partial charge in [-0.3, -0.25) is 4.72 Å². The third-order valence-electron chi connectivity index (χ3n) is 2.78. The summed E-state index contributed by atoms with van der Waals surface area (Å²) >= 11 is 0. The molecule has 0 fully saturated rings. The first-order valence-electron chi connectivity index (χ1n) is 5.98. The van der Waals surface area contributed by atoms with Gasteiger partial charge in [0.25, 0.3) is 10.0 Å². The van der Waals surface area contributed by atoms with Crippen molar-refractivity contribution in [2.45, 2.75) is 4.90 Å². The molecule has 0 atom stereocenters. The van der Waals surface area contributed by atoms with Gasteiger partial charge in [-0.2, -0.15) is 0 Å². The first-order chi connectivity index (χ1) is 9.38. The largest absolute Gasteiger partial charge is 0.508 e. The number of benzene rings is 2. The van der Waals surface area contributed by atoms with E-state index >= 15 is 0 Å². The fourth-order valence-electron chi connectivity index (χ4n) is 1.67. The minimum Gasteiger partial charge on any atom is -0.508 e. The van der Waals surface area contributed by atoms with Crippen LogP contribution in [0.2, 0.25) is 0 Å². The van der Waals surface area contributed by atoms with Crippen LogP contribution >= 0.6 is 0 Å². The second kappa shape index (κ2) is 5.42. The number of phenolic OH excluding ortho intramolecular Hbond substituents is 1. The molecule has 0 aromatic heterocycles. The van der Waals surface area contributed by atoms with Crippen molar-refractivity contribution in [1.29, 1.82) is 0 Å². The molecule has 2 aromatic rings. The van der Waals surface area contributed by atoms with Crippen LogP contribution in [0.1, 0.15) is 0 Å². The fraction of sp³-hybridized carbons (Fsp3) is 0.143. The Kier molecular flexibility index (Phi) is 3.85. The average molecular weight is 292 g/mol. The smallest absolute Gasteiger partial charge is 0.261 e. The zero-order chi connectivity index (χ0) is 14.8. The van der Waals surface area contributed by atoms with Crippen molar-refractivity contribution < 1.29 is 13.5 Å². The molecule has 0 saturated carbocycles. The van der Waals surface area contributed by atoms with Crippen molar-refractivity contribution in [1.82, 2.24) is 0 Å². The molecule has 5 nitrogen and oxygen atoms in total. The van der Waals surface area contributed by atoms with Crippen LogP contribution in [0, 0.1) is 0 Å². The summed E-state index contributed by atoms with van der Waals surface area (Å²) in [5.74, 6) is 0.0271. The summed E-state index contributed by atoms with van der Waals surface area (Å²) in [6.07, 6.45) is 0. The molecule has 2 aromatic carbocycles. The molecule has 106 valence electrons. The van der Waals surface area contributed by atoms with Gasteiger partial charge in [0.15, 0.2) is 0 Å². The standard InChI is InChI=1S/C14H16N2O3S/c1-16(2)12-5-3-11(4-6-12)15-20(18,19)14-9-7-13(17)8-10-14/h3-10,15,17H,1-2H3. The molecule has 0 aliphatic rings. The van der Waals surface area contributed by atoms with Crippen LogP contribution < -0.4 is 9.62 Å². The summed E-state index contributed by atoms with van der Waals surface area (Å²) in [7, 11) is 0.187. The number of hydrogen-bond acceptors (Lipinski definition) is 4. The maximum absolute atomic E-state index is 12.1. The van der Waals surface area contributed by atoms with E-state index in [1.807, 2.05) is 31.1 Å². The van der Waals surface area contributed by atoms with E-state index < -0.39 is 10.0 Å². The minimum absolute atomic E-state index is 0.0271. The summed E-state index contributed by atoms with van der Waals surface area (Å²) in [5, 5.41) is 9.17. The van der Waals surface area contributed by atoms with Gasteiger partial charge < -0.3 is 10.0 Å². The molecular formula is C14H16N2O3S. The number of phenols is 1. The number of hydrogen-bond donors (Lipinski definition) is 2. The zero-order valence-corrected chi connectivity index (χ0v) is 12.1. The van der Waals surface area contributed by atoms with Gasteiger partial charge in [-0.25, -0.2) is 8.42 Å². The molecule has 0 aliphatic carbocycles. The van der Waals surface area contributed by atoms with Gasteiger partial charge >= 0.3 is 0 Å². The van der Waals surface area contributed by atoms with Crippen molar-refractivity contribution in [3.05, 3.63) is 48.5 Å². The van der Waals surface area contributed by atoms with Gasteiger partial charge in [-0.05, 0) is 48.5 Å². The van der Waals surface area contributed by atoms with E-state index in [0.717, 1.165) is 5.69 Å². The van der Waals surface area contributed by atoms with Crippen LogP contribution in [0.15, 0.2) is 53.4 Å². The van der Waals surface area contributed by atoms with Crippen LogP contribution in [0.5, 0.6) is 5.75 Å². The molecule has 0 spiro atoms. The molecule has 0 bridgehead atoms. The number of rotatable bonds is 4. The van der Waals surface area contributed by atoms with Crippen LogP contribution in [-0.2, 0) is 10.0 Å². The van der Waals surface area contributed by atoms with Crippen molar-refractivity contribution in [2.24, 2.45) is 0 Å². The summed E-state index contributed by atoms with van der Waals surface area (Å²) < 4.78 is 26.7. The Morgan fingerprint density at radius 3 is 2.00 bits per heavy atom. The Bertz CT molecular complexity index is 677. The highest BCUT2D eigenvalue weighted by molar-refractivity contribution is 7.92. The maximum Gasteiger partial charge on any atom is 0.261 e. The predicted octanol–water partition coefficient (Wildman–Crippen LogP) is 2.26. The normalized spacial score (nSPS) is 11.1. The Labute approximate surface area is 118 Å². The highest BCUT2D eigenvalue weighted by atomic mass is 32.2. The lowest BCUT2D eigenvalue weighted by molar-refractivity contribution is 0.475. The quantitative estimate of drug-likeness (QED) is 0.907. The van der Waals surface area contributed by atoms with Crippen molar-refractivity contribution >= 4 is 21.4 Å². The summed E-state index contributed by atoms with van der Waals surface area (Å²) in [6, 6.07) is 12.4. The molecule has 0 aliphatic heterocycles. The molecule has 0 radical (unpaired) electrons. The third kappa shape index (κ3) is 3.21. The number of sulfonamides is 1. The summed E-state index contributed by atoms with van der Waals surface area (Å²) in [5.41, 5.74) is 1.47. The fourth-order valence-corrected chi connectivity index (χ4v) is 2.73. The maximum atomic E-state index is 12.1. The van der Waals surface area contributed by atoms with Crippen LogP contribution in [0.25, 0.3) is 0 Å². The topological polar surface area (TPSA) is 69.6 Å². The van der Waals surface area contributed by atoms with E-state index in [1.165, 1.54) is 24.3 Å². The van der Waals surface area contributed by atoms with Crippen molar-refractivity contribution in [3.63, 3.8) is 0 Å². The van der Waals surface area contributed by atoms with Gasteiger partial charge in [0, 0.05) is 25.5 Å². The SMILES string of the molecule is CN(C)c1ccc(NS(=O)(=O)c2ccc(O)cc2)cc1. The van der Waals surface area contributed by atoms with Crippen LogP contribution in [0.4, 0.5) is 11.4 Å². The molecule has 20 heavy (non-hydrogen) atoms. The monoisotopic (exact) mass is 292 g/mol. The lowest BCUT2D eigenvalue weighted by atomic mass is 10.3. The molecule has 2 N–H and O–H groups in total. The van der Waals surface area contributed by atoms with Gasteiger partial charge in [-0.1, -0.05) is 0 Å². The van der Waals surface area contributed by atoms with Gasteiger partial charge in [-0.15, -0.1) is 0 Å². The molecular weight excluding hydrogens is 276 g/mol. The average Bonchev–Trinajstić information content (AvgIpc) is 2.39. The first-order valence-corrected chi connectivity index (χ1v) is 7.46. The van der Waals surface area contributed by atoms with Crippen LogP contribution in [-0.4, -0.2) is 27.6 Å². The van der Waals surface area contributed by atoms with E-state index in [2.05, 4.69) is 4.72 Å². The Morgan fingerprint density at radius 2 is 1.50 bits per heavy atom. The van der Waals surface area contributed by atoms with Gasteiger partial charge in [0.1, 0.15) is 5.75 Å². The number of nitrogens with zero attached hydrogens (tertiary/aromatic N) is 1. The third-order valence-corrected chi connectivity index (χ3v) is 4.18. The highest BCUT2D eigenvalue weighted by Crippen LogP contribution is 2.20. The van der Waals surface area contributed by atoms with Gasteiger partial charge in [0.05, 0.1) is 4.90 Å². The summed E-state index contributed by atoms with van der Waals surface area (Å²) in [6.45, 7) is 0. The van der Waals surface area contributed by atoms with E-state index in [1.54, 1.807) is 12.1 Å².